The van der Waals surface area contributed by atoms with E-state index < -0.39 is 0 Å². The normalized spacial score (nSPS) is 21.4. The van der Waals surface area contributed by atoms with Crippen molar-refractivity contribution in [2.24, 2.45) is 11.3 Å². The third kappa shape index (κ3) is 6.63. The van der Waals surface area contributed by atoms with Crippen LogP contribution in [0.25, 0.3) is 11.1 Å². The van der Waals surface area contributed by atoms with Crippen LogP contribution in [0.3, 0.4) is 0 Å². The van der Waals surface area contributed by atoms with E-state index in [4.69, 9.17) is 9.15 Å². The molecule has 1 amide bonds. The Balaban J connectivity index is 0.869. The van der Waals surface area contributed by atoms with Crippen molar-refractivity contribution in [2.75, 3.05) is 37.6 Å². The van der Waals surface area contributed by atoms with Gasteiger partial charge in [0.25, 0.3) is 11.8 Å². The summed E-state index contributed by atoms with van der Waals surface area (Å²) in [6, 6.07) is 8.19. The first-order chi connectivity index (χ1) is 23.5. The van der Waals surface area contributed by atoms with Crippen molar-refractivity contribution >= 4 is 11.7 Å². The molecule has 2 aliphatic heterocycles. The summed E-state index contributed by atoms with van der Waals surface area (Å²) in [7, 11) is 0. The van der Waals surface area contributed by atoms with E-state index in [2.05, 4.69) is 40.3 Å². The lowest BCUT2D eigenvalue weighted by Crippen LogP contribution is -2.46. The molecule has 8 rings (SSSR count). The Morgan fingerprint density at radius 3 is 2.65 bits per heavy atom. The monoisotopic (exact) mass is 652 g/mol. The summed E-state index contributed by atoms with van der Waals surface area (Å²) in [4.78, 5) is 30.6. The van der Waals surface area contributed by atoms with E-state index >= 15 is 0 Å². The molecule has 1 N–H and O–H groups in total. The van der Waals surface area contributed by atoms with Gasteiger partial charge in [0.2, 0.25) is 0 Å². The van der Waals surface area contributed by atoms with Crippen LogP contribution in [0, 0.1) is 17.2 Å². The third-order valence-electron chi connectivity index (χ3n) is 10.9. The van der Waals surface area contributed by atoms with E-state index in [-0.39, 0.29) is 17.8 Å². The molecule has 1 spiro atoms. The van der Waals surface area contributed by atoms with Crippen LogP contribution in [0.5, 0.6) is 11.6 Å². The van der Waals surface area contributed by atoms with Crippen LogP contribution in [0.4, 0.5) is 10.2 Å². The molecule has 1 aromatic carbocycles. The molecule has 2 saturated heterocycles. The molecule has 250 valence electrons. The molecule has 4 fully saturated rings. The van der Waals surface area contributed by atoms with Gasteiger partial charge in [-0.2, -0.15) is 0 Å². The van der Waals surface area contributed by atoms with Crippen molar-refractivity contribution in [2.45, 2.75) is 69.7 Å². The average Bonchev–Trinajstić information content (AvgIpc) is 3.60. The molecule has 4 aromatic rings. The molecule has 12 heteroatoms. The second-order valence-corrected chi connectivity index (χ2v) is 14.1. The lowest BCUT2D eigenvalue weighted by Gasteiger charge is -2.46. The van der Waals surface area contributed by atoms with Crippen molar-refractivity contribution in [1.82, 2.24) is 35.4 Å². The number of carbonyl (C=O) groups excluding carboxylic acids is 1. The Morgan fingerprint density at radius 2 is 1.85 bits per heavy atom. The number of nitrogens with zero attached hydrogens (tertiary/aromatic N) is 7. The van der Waals surface area contributed by atoms with Gasteiger partial charge in [0.15, 0.2) is 11.6 Å². The molecular weight excluding hydrogens is 611 g/mol. The summed E-state index contributed by atoms with van der Waals surface area (Å²) in [5.74, 6) is 2.24. The quantitative estimate of drug-likeness (QED) is 0.230. The highest BCUT2D eigenvalue weighted by Crippen LogP contribution is 2.46. The number of carbonyl (C=O) groups is 1. The fourth-order valence-electron chi connectivity index (χ4n) is 7.96. The van der Waals surface area contributed by atoms with Crippen LogP contribution in [0.2, 0.25) is 0 Å². The number of nitrogens with one attached hydrogen (secondary N) is 1. The van der Waals surface area contributed by atoms with Gasteiger partial charge in [-0.3, -0.25) is 4.79 Å². The number of piperidine rings is 1. The number of amides is 1. The van der Waals surface area contributed by atoms with Crippen molar-refractivity contribution in [1.29, 1.82) is 0 Å². The summed E-state index contributed by atoms with van der Waals surface area (Å²) in [6.07, 6.45) is 16.3. The van der Waals surface area contributed by atoms with E-state index in [1.807, 2.05) is 0 Å². The fraction of sp³-hybridized carbons (Fsp3) is 0.500. The van der Waals surface area contributed by atoms with Gasteiger partial charge in [0, 0.05) is 48.9 Å². The summed E-state index contributed by atoms with van der Waals surface area (Å²) >= 11 is 0. The predicted octanol–water partition coefficient (Wildman–Crippen LogP) is 6.01. The van der Waals surface area contributed by atoms with Gasteiger partial charge >= 0.3 is 0 Å². The van der Waals surface area contributed by atoms with Crippen LogP contribution in [-0.4, -0.2) is 74.7 Å². The molecule has 11 nitrogen and oxygen atoms in total. The minimum Gasteiger partial charge on any atom is -0.459 e. The van der Waals surface area contributed by atoms with Crippen molar-refractivity contribution in [3.63, 3.8) is 0 Å². The molecule has 2 saturated carbocycles. The van der Waals surface area contributed by atoms with Gasteiger partial charge in [0.05, 0.1) is 12.0 Å². The van der Waals surface area contributed by atoms with Crippen LogP contribution < -0.4 is 15.0 Å². The van der Waals surface area contributed by atoms with Crippen molar-refractivity contribution in [3.05, 3.63) is 72.7 Å². The van der Waals surface area contributed by atoms with Crippen LogP contribution >= 0.6 is 0 Å². The van der Waals surface area contributed by atoms with E-state index in [1.165, 1.54) is 50.4 Å². The molecular formula is C36H41FN8O3. The average molecular weight is 653 g/mol. The number of likely N-dealkylation sites (tertiary alicyclic amines) is 1. The number of hydrogen-bond acceptors (Lipinski definition) is 10. The van der Waals surface area contributed by atoms with E-state index in [1.54, 1.807) is 30.7 Å². The summed E-state index contributed by atoms with van der Waals surface area (Å²) in [6.45, 7) is 5.01. The zero-order valence-corrected chi connectivity index (χ0v) is 27.1. The lowest BCUT2D eigenvalue weighted by atomic mass is 9.67. The molecule has 2 aliphatic carbocycles. The van der Waals surface area contributed by atoms with Crippen LogP contribution in [0.15, 0.2) is 59.9 Å². The molecule has 0 unspecified atom stereocenters. The Kier molecular flexibility index (Phi) is 8.50. The van der Waals surface area contributed by atoms with E-state index in [0.717, 1.165) is 76.1 Å². The topological polar surface area (TPSA) is 122 Å². The summed E-state index contributed by atoms with van der Waals surface area (Å²) in [5.41, 5.74) is 2.70. The first kappa shape index (κ1) is 30.9. The maximum absolute atomic E-state index is 14.5. The first-order valence-electron chi connectivity index (χ1n) is 17.3. The zero-order chi connectivity index (χ0) is 32.5. The Labute approximate surface area is 279 Å². The van der Waals surface area contributed by atoms with Crippen molar-refractivity contribution < 1.29 is 18.3 Å². The number of benzene rings is 1. The van der Waals surface area contributed by atoms with E-state index in [0.29, 0.717) is 46.0 Å². The molecule has 0 bridgehead atoms. The van der Waals surface area contributed by atoms with E-state index in [9.17, 15) is 9.18 Å². The summed E-state index contributed by atoms with van der Waals surface area (Å²) in [5, 5.41) is 11.5. The standard InChI is InChI=1S/C36H41FN8O3/c37-26-5-6-30(28(18-26)29-19-38-22-39-32(29)25-3-4-25)48-35-33(40-23-41-43-35)45-14-9-24(21-45)20-44-15-12-36(13-16-44)10-7-27(8-11-36)42-34(46)31-2-1-17-47-31/h1-2,5-6,17-19,22-25,27H,3-4,7-16,20-21H2,(H,42,46)/t24-/m0/s1. The summed E-state index contributed by atoms with van der Waals surface area (Å²) < 4.78 is 26.2. The Hall–Kier alpha value is -4.45. The maximum Gasteiger partial charge on any atom is 0.287 e. The van der Waals surface area contributed by atoms with Gasteiger partial charge in [0.1, 0.15) is 24.2 Å². The first-order valence-corrected chi connectivity index (χ1v) is 17.3. The largest absolute Gasteiger partial charge is 0.459 e. The second kappa shape index (κ2) is 13.2. The van der Waals surface area contributed by atoms with Gasteiger partial charge in [-0.25, -0.2) is 19.3 Å². The van der Waals surface area contributed by atoms with Crippen molar-refractivity contribution in [3.8, 4) is 22.8 Å². The van der Waals surface area contributed by atoms with Crippen LogP contribution in [0.1, 0.15) is 80.0 Å². The Bertz CT molecular complexity index is 1730. The molecule has 4 aliphatic rings. The highest BCUT2D eigenvalue weighted by Gasteiger charge is 2.39. The number of aromatic nitrogens is 5. The number of halogens is 1. The molecule has 3 aromatic heterocycles. The highest BCUT2D eigenvalue weighted by molar-refractivity contribution is 5.91. The maximum atomic E-state index is 14.5. The number of ether oxygens (including phenoxy) is 1. The van der Waals surface area contributed by atoms with Gasteiger partial charge in [-0.15, -0.1) is 10.2 Å². The minimum atomic E-state index is -0.353. The number of rotatable bonds is 9. The predicted molar refractivity (Wildman–Crippen MR) is 176 cm³/mol. The smallest absolute Gasteiger partial charge is 0.287 e. The zero-order valence-electron chi connectivity index (χ0n) is 27.1. The highest BCUT2D eigenvalue weighted by atomic mass is 19.1. The third-order valence-corrected chi connectivity index (χ3v) is 10.9. The van der Waals surface area contributed by atoms with Gasteiger partial charge in [-0.1, -0.05) is 0 Å². The number of hydrogen-bond donors (Lipinski definition) is 1. The molecule has 0 radical (unpaired) electrons. The number of furan rings is 1. The lowest BCUT2D eigenvalue weighted by molar-refractivity contribution is 0.0507. The van der Waals surface area contributed by atoms with Gasteiger partial charge in [-0.05, 0) is 113 Å². The second-order valence-electron chi connectivity index (χ2n) is 14.1. The SMILES string of the molecule is O=C(NC1CCC2(CC1)CCN(C[C@@H]1CCN(c3ncnnc3Oc3ccc(F)cc3-c3cncnc3C3CC3)C1)CC2)c1ccco1. The fourth-order valence-corrected chi connectivity index (χ4v) is 7.96. The molecule has 5 heterocycles. The van der Waals surface area contributed by atoms with Crippen LogP contribution in [-0.2, 0) is 0 Å². The molecule has 48 heavy (non-hydrogen) atoms. The minimum absolute atomic E-state index is 0.109. The molecule has 1 atom stereocenters. The van der Waals surface area contributed by atoms with Gasteiger partial charge < -0.3 is 24.3 Å². The Morgan fingerprint density at radius 1 is 1.00 bits per heavy atom. The number of anilines is 1.